The molecule has 0 aromatic carbocycles. The van der Waals surface area contributed by atoms with Crippen molar-refractivity contribution in [2.24, 2.45) is 5.73 Å². The van der Waals surface area contributed by atoms with E-state index in [0.717, 1.165) is 89.9 Å². The molecule has 0 aromatic heterocycles. The molecular weight excluding hydrogens is 806 g/mol. The van der Waals surface area contributed by atoms with Gasteiger partial charge in [0.1, 0.15) is 12.6 Å². The topological polar surface area (TPSA) is 172 Å². The minimum atomic E-state index is -4.72. The Balaban J connectivity index is 4.28. The molecule has 0 spiro atoms. The molecule has 0 aliphatic rings. The van der Waals surface area contributed by atoms with Crippen LogP contribution in [0.5, 0.6) is 0 Å². The zero-order valence-electron chi connectivity index (χ0n) is 38.9. The highest BCUT2D eigenvalue weighted by Gasteiger charge is 2.28. The number of nitrogens with two attached hydrogens (primary N) is 1. The Labute approximate surface area is 377 Å². The van der Waals surface area contributed by atoms with Gasteiger partial charge in [-0.3, -0.25) is 23.4 Å². The normalized spacial score (nSPS) is 14.1. The number of esters is 2. The summed E-state index contributed by atoms with van der Waals surface area (Å²) in [6, 6.07) is -1.53. The predicted molar refractivity (Wildman–Crippen MR) is 254 cm³/mol. The Morgan fingerprint density at radius 1 is 0.516 bits per heavy atom. The second-order valence-electron chi connectivity index (χ2n) is 16.2. The van der Waals surface area contributed by atoms with Crippen molar-refractivity contribution in [2.45, 2.75) is 219 Å². The van der Waals surface area contributed by atoms with Crippen LogP contribution in [0.3, 0.4) is 0 Å². The fraction of sp³-hybridized carbons (Fsp3) is 0.740. The summed E-state index contributed by atoms with van der Waals surface area (Å²) in [6.07, 6.45) is 52.8. The molecule has 0 saturated carbocycles. The first-order valence-electron chi connectivity index (χ1n) is 24.3. The van der Waals surface area contributed by atoms with Crippen LogP contribution in [0.25, 0.3) is 0 Å². The number of rotatable bonds is 45. The third kappa shape index (κ3) is 43.8. The first-order chi connectivity index (χ1) is 30.1. The maximum atomic E-state index is 12.7. The van der Waals surface area contributed by atoms with E-state index in [1.807, 2.05) is 0 Å². The van der Waals surface area contributed by atoms with Gasteiger partial charge in [-0.05, 0) is 77.0 Å². The fourth-order valence-electron chi connectivity index (χ4n) is 6.46. The van der Waals surface area contributed by atoms with Crippen LogP contribution in [0.4, 0.5) is 0 Å². The van der Waals surface area contributed by atoms with Crippen LogP contribution in [-0.2, 0) is 37.5 Å². The number of phosphoric ester groups is 1. The smallest absolute Gasteiger partial charge is 0.472 e. The van der Waals surface area contributed by atoms with Gasteiger partial charge in [0.05, 0.1) is 13.2 Å². The number of aliphatic carboxylic acids is 1. The van der Waals surface area contributed by atoms with Crippen molar-refractivity contribution in [3.05, 3.63) is 60.8 Å². The molecule has 4 N–H and O–H groups in total. The van der Waals surface area contributed by atoms with Crippen molar-refractivity contribution in [1.82, 2.24) is 0 Å². The number of phosphoric acid groups is 1. The molecule has 11 nitrogen and oxygen atoms in total. The number of carbonyl (C=O) groups excluding carboxylic acids is 2. The molecule has 0 heterocycles. The van der Waals surface area contributed by atoms with Crippen molar-refractivity contribution in [3.8, 4) is 0 Å². The van der Waals surface area contributed by atoms with Gasteiger partial charge in [0, 0.05) is 12.8 Å². The van der Waals surface area contributed by atoms with Crippen LogP contribution in [0.2, 0.25) is 0 Å². The van der Waals surface area contributed by atoms with Gasteiger partial charge in [-0.25, -0.2) is 4.57 Å². The van der Waals surface area contributed by atoms with Crippen molar-refractivity contribution < 1.29 is 47.5 Å². The van der Waals surface area contributed by atoms with Crippen LogP contribution < -0.4 is 5.73 Å². The van der Waals surface area contributed by atoms with Gasteiger partial charge in [0.2, 0.25) is 0 Å². The molecule has 12 heteroatoms. The number of allylic oxidation sites excluding steroid dienone is 10. The van der Waals surface area contributed by atoms with Gasteiger partial charge in [-0.2, -0.15) is 0 Å². The molecular formula is C50H88NO10P. The minimum Gasteiger partial charge on any atom is -0.480 e. The maximum absolute atomic E-state index is 12.7. The summed E-state index contributed by atoms with van der Waals surface area (Å²) in [4.78, 5) is 46.1. The molecule has 62 heavy (non-hydrogen) atoms. The van der Waals surface area contributed by atoms with Gasteiger partial charge in [-0.1, -0.05) is 177 Å². The van der Waals surface area contributed by atoms with Crippen LogP contribution >= 0.6 is 7.82 Å². The summed E-state index contributed by atoms with van der Waals surface area (Å²) in [6.45, 7) is 2.69. The number of hydrogen-bond acceptors (Lipinski definition) is 9. The summed E-state index contributed by atoms with van der Waals surface area (Å²) < 4.78 is 32.8. The molecule has 0 aromatic rings. The van der Waals surface area contributed by atoms with E-state index in [9.17, 15) is 23.8 Å². The van der Waals surface area contributed by atoms with E-state index in [1.165, 1.54) is 77.0 Å². The summed E-state index contributed by atoms with van der Waals surface area (Å²) in [5.74, 6) is -2.39. The summed E-state index contributed by atoms with van der Waals surface area (Å²) >= 11 is 0. The van der Waals surface area contributed by atoms with Gasteiger partial charge >= 0.3 is 25.7 Å². The monoisotopic (exact) mass is 894 g/mol. The summed E-state index contributed by atoms with van der Waals surface area (Å²) in [5, 5.41) is 8.91. The highest BCUT2D eigenvalue weighted by molar-refractivity contribution is 7.47. The van der Waals surface area contributed by atoms with E-state index >= 15 is 0 Å². The van der Waals surface area contributed by atoms with E-state index in [2.05, 4.69) is 79.1 Å². The standard InChI is InChI=1S/C50H88NO10P/c1-3-5-7-9-11-13-15-17-19-20-21-22-23-24-25-26-28-30-32-34-36-38-40-42-49(53)61-46(44-59-62(56,57)60-45-47(51)50(54)55)43-58-48(52)41-39-37-35-33-31-29-27-18-16-14-12-10-8-6-4-2/h5,7,11,13,17-19,21-22,27,46-47H,3-4,6,8-10,12,14-16,20,23-26,28-45,51H2,1-2H3,(H,54,55)(H,56,57)/b7-5-,13-11-,19-17-,22-21-,27-18-. The molecule has 0 amide bonds. The number of ether oxygens (including phenoxy) is 2. The quantitative estimate of drug-likeness (QED) is 0.0230. The highest BCUT2D eigenvalue weighted by Crippen LogP contribution is 2.43. The highest BCUT2D eigenvalue weighted by atomic mass is 31.2. The van der Waals surface area contributed by atoms with Gasteiger partial charge in [0.15, 0.2) is 6.10 Å². The number of carbonyl (C=O) groups is 3. The van der Waals surface area contributed by atoms with Crippen molar-refractivity contribution in [2.75, 3.05) is 19.8 Å². The Morgan fingerprint density at radius 2 is 0.903 bits per heavy atom. The number of hydrogen-bond donors (Lipinski definition) is 3. The molecule has 3 atom stereocenters. The molecule has 3 unspecified atom stereocenters. The second-order valence-corrected chi connectivity index (χ2v) is 17.7. The predicted octanol–water partition coefficient (Wildman–Crippen LogP) is 13.5. The maximum Gasteiger partial charge on any atom is 0.472 e. The molecule has 0 fully saturated rings. The van der Waals surface area contributed by atoms with Crippen LogP contribution in [0.15, 0.2) is 60.8 Å². The Morgan fingerprint density at radius 3 is 1.37 bits per heavy atom. The molecule has 358 valence electrons. The lowest BCUT2D eigenvalue weighted by atomic mass is 10.0. The van der Waals surface area contributed by atoms with E-state index in [-0.39, 0.29) is 19.4 Å². The van der Waals surface area contributed by atoms with E-state index in [0.29, 0.717) is 12.8 Å². The number of carboxylic acid groups (broad SMARTS) is 1. The van der Waals surface area contributed by atoms with Crippen LogP contribution in [0, 0.1) is 0 Å². The first kappa shape index (κ1) is 59.2. The average molecular weight is 894 g/mol. The zero-order chi connectivity index (χ0) is 45.6. The van der Waals surface area contributed by atoms with E-state index in [1.54, 1.807) is 0 Å². The largest absolute Gasteiger partial charge is 0.480 e. The SMILES string of the molecule is CC/C=C\C/C=C\C/C=C\C/C=C\CCCCCCCCCCCCC(=O)OC(COC(=O)CCCCCCC/C=C\CCCCCCCC)COP(=O)(O)OCC(N)C(=O)O. The molecule has 0 aliphatic carbocycles. The van der Waals surface area contributed by atoms with Crippen LogP contribution in [-0.4, -0.2) is 59.9 Å². The van der Waals surface area contributed by atoms with Gasteiger partial charge in [-0.15, -0.1) is 0 Å². The molecule has 0 bridgehead atoms. The van der Waals surface area contributed by atoms with Crippen molar-refractivity contribution in [3.63, 3.8) is 0 Å². The molecule has 0 saturated heterocycles. The summed E-state index contributed by atoms with van der Waals surface area (Å²) in [5.41, 5.74) is 5.34. The number of unbranched alkanes of at least 4 members (excludes halogenated alkanes) is 21. The third-order valence-corrected chi connectivity index (χ3v) is 11.2. The lowest BCUT2D eigenvalue weighted by Crippen LogP contribution is -2.34. The van der Waals surface area contributed by atoms with E-state index in [4.69, 9.17) is 24.8 Å². The van der Waals surface area contributed by atoms with E-state index < -0.39 is 51.1 Å². The number of carboxylic acids is 1. The van der Waals surface area contributed by atoms with Gasteiger partial charge < -0.3 is 25.2 Å². The summed E-state index contributed by atoms with van der Waals surface area (Å²) in [7, 11) is -4.72. The Hall–Kier alpha value is -2.82. The Bertz CT molecular complexity index is 1280. The fourth-order valence-corrected chi connectivity index (χ4v) is 7.24. The third-order valence-electron chi connectivity index (χ3n) is 10.2. The second kappa shape index (κ2) is 44.8. The van der Waals surface area contributed by atoms with Gasteiger partial charge in [0.25, 0.3) is 0 Å². The average Bonchev–Trinajstić information content (AvgIpc) is 3.25. The van der Waals surface area contributed by atoms with Crippen LogP contribution in [0.1, 0.15) is 206 Å². The van der Waals surface area contributed by atoms with Crippen molar-refractivity contribution >= 4 is 25.7 Å². The lowest BCUT2D eigenvalue weighted by Gasteiger charge is -2.20. The lowest BCUT2D eigenvalue weighted by molar-refractivity contribution is -0.161. The molecule has 0 radical (unpaired) electrons. The Kier molecular flexibility index (Phi) is 42.7. The molecule has 0 aliphatic heterocycles. The van der Waals surface area contributed by atoms with Crippen molar-refractivity contribution in [1.29, 1.82) is 0 Å². The molecule has 0 rings (SSSR count). The minimum absolute atomic E-state index is 0.152. The first-order valence-corrected chi connectivity index (χ1v) is 25.8. The zero-order valence-corrected chi connectivity index (χ0v) is 39.8.